The summed E-state index contributed by atoms with van der Waals surface area (Å²) in [6.45, 7) is 1.29. The van der Waals surface area contributed by atoms with Gasteiger partial charge in [-0.05, 0) is 43.5 Å². The number of nitrogens with zero attached hydrogens (tertiary/aromatic N) is 2. The Morgan fingerprint density at radius 1 is 1.13 bits per heavy atom. The number of nitro benzene ring substituents is 1. The summed E-state index contributed by atoms with van der Waals surface area (Å²) in [4.78, 5) is 37.7. The van der Waals surface area contributed by atoms with Gasteiger partial charge in [-0.1, -0.05) is 12.0 Å². The second kappa shape index (κ2) is 9.56. The first-order valence-electron chi connectivity index (χ1n) is 9.66. The minimum Gasteiger partial charge on any atom is -0.371 e. The lowest BCUT2D eigenvalue weighted by atomic mass is 10.1. The number of piperidine rings is 1. The summed E-state index contributed by atoms with van der Waals surface area (Å²) in [7, 11) is 0. The fraction of sp³-hybridized carbons (Fsp3) is 0.273. The van der Waals surface area contributed by atoms with Crippen molar-refractivity contribution in [2.24, 2.45) is 0 Å². The Bertz CT molecular complexity index is 1010. The van der Waals surface area contributed by atoms with Crippen molar-refractivity contribution in [3.63, 3.8) is 0 Å². The third kappa shape index (κ3) is 5.14. The van der Waals surface area contributed by atoms with Gasteiger partial charge < -0.3 is 15.5 Å². The average Bonchev–Trinajstić information content (AvgIpc) is 2.77. The maximum absolute atomic E-state index is 12.8. The molecule has 1 fully saturated rings. The van der Waals surface area contributed by atoms with Crippen molar-refractivity contribution in [3.05, 3.63) is 63.7 Å². The molecule has 30 heavy (non-hydrogen) atoms. The molecule has 2 aromatic rings. The maximum atomic E-state index is 12.8. The van der Waals surface area contributed by atoms with E-state index < -0.39 is 16.7 Å². The summed E-state index contributed by atoms with van der Waals surface area (Å²) < 4.78 is 0. The molecular formula is C22H22N4O4. The van der Waals surface area contributed by atoms with Gasteiger partial charge in [-0.15, -0.1) is 6.42 Å². The zero-order valence-corrected chi connectivity index (χ0v) is 16.4. The van der Waals surface area contributed by atoms with Crippen LogP contribution in [0.5, 0.6) is 0 Å². The minimum absolute atomic E-state index is 0.170. The van der Waals surface area contributed by atoms with E-state index in [0.717, 1.165) is 32.4 Å². The van der Waals surface area contributed by atoms with Crippen molar-refractivity contribution < 1.29 is 14.5 Å². The molecule has 0 unspecified atom stereocenters. The number of nitrogens with one attached hydrogen (secondary N) is 2. The monoisotopic (exact) mass is 406 g/mol. The van der Waals surface area contributed by atoms with Crippen LogP contribution in [0.15, 0.2) is 42.5 Å². The molecule has 0 radical (unpaired) electrons. The van der Waals surface area contributed by atoms with Crippen molar-refractivity contribution in [2.45, 2.75) is 19.3 Å². The van der Waals surface area contributed by atoms with Crippen LogP contribution >= 0.6 is 0 Å². The Labute approximate surface area is 174 Å². The molecule has 154 valence electrons. The molecule has 0 atom stereocenters. The van der Waals surface area contributed by atoms with Gasteiger partial charge in [0.1, 0.15) is 0 Å². The third-order valence-corrected chi connectivity index (χ3v) is 4.85. The van der Waals surface area contributed by atoms with Crippen molar-refractivity contribution in [1.29, 1.82) is 0 Å². The van der Waals surface area contributed by atoms with E-state index >= 15 is 0 Å². The molecule has 2 aromatic carbocycles. The Morgan fingerprint density at radius 3 is 2.60 bits per heavy atom. The van der Waals surface area contributed by atoms with Gasteiger partial charge >= 0.3 is 0 Å². The molecule has 1 aliphatic heterocycles. The summed E-state index contributed by atoms with van der Waals surface area (Å²) in [6, 6.07) is 11.0. The highest BCUT2D eigenvalue weighted by Crippen LogP contribution is 2.28. The lowest BCUT2D eigenvalue weighted by molar-refractivity contribution is -0.384. The Balaban J connectivity index is 1.71. The first-order valence-corrected chi connectivity index (χ1v) is 9.66. The van der Waals surface area contributed by atoms with Crippen LogP contribution < -0.4 is 15.5 Å². The fourth-order valence-electron chi connectivity index (χ4n) is 3.38. The second-order valence-electron chi connectivity index (χ2n) is 6.96. The summed E-state index contributed by atoms with van der Waals surface area (Å²) in [5.74, 6) is 1.52. The van der Waals surface area contributed by atoms with Gasteiger partial charge in [0.05, 0.1) is 22.7 Å². The molecule has 3 rings (SSSR count). The molecule has 1 aliphatic rings. The largest absolute Gasteiger partial charge is 0.371 e. The molecule has 2 N–H and O–H groups in total. The van der Waals surface area contributed by atoms with Crippen LogP contribution in [0, 0.1) is 22.5 Å². The van der Waals surface area contributed by atoms with Crippen LogP contribution in [0.2, 0.25) is 0 Å². The summed E-state index contributed by atoms with van der Waals surface area (Å²) in [5, 5.41) is 16.4. The molecule has 1 saturated heterocycles. The number of carbonyl (C=O) groups is 2. The van der Waals surface area contributed by atoms with Gasteiger partial charge in [-0.2, -0.15) is 0 Å². The molecule has 0 saturated carbocycles. The molecule has 8 heteroatoms. The predicted octanol–water partition coefficient (Wildman–Crippen LogP) is 2.93. The predicted molar refractivity (Wildman–Crippen MR) is 115 cm³/mol. The zero-order valence-electron chi connectivity index (χ0n) is 16.4. The van der Waals surface area contributed by atoms with E-state index in [1.54, 1.807) is 30.3 Å². The van der Waals surface area contributed by atoms with Gasteiger partial charge in [0, 0.05) is 36.5 Å². The van der Waals surface area contributed by atoms with Gasteiger partial charge in [0.2, 0.25) is 5.91 Å². The first kappa shape index (κ1) is 20.9. The number of terminal acetylenes is 1. The quantitative estimate of drug-likeness (QED) is 0.436. The number of carbonyl (C=O) groups excluding carboxylic acids is 2. The summed E-state index contributed by atoms with van der Waals surface area (Å²) in [6.07, 6.45) is 8.46. The van der Waals surface area contributed by atoms with E-state index in [9.17, 15) is 19.7 Å². The number of hydrogen-bond donors (Lipinski definition) is 2. The van der Waals surface area contributed by atoms with E-state index in [-0.39, 0.29) is 17.8 Å². The van der Waals surface area contributed by atoms with Crippen molar-refractivity contribution in [1.82, 2.24) is 5.32 Å². The summed E-state index contributed by atoms with van der Waals surface area (Å²) >= 11 is 0. The smallest absolute Gasteiger partial charge is 0.270 e. The Hall–Kier alpha value is -3.86. The van der Waals surface area contributed by atoms with Gasteiger partial charge in [0.25, 0.3) is 11.6 Å². The van der Waals surface area contributed by atoms with Gasteiger partial charge in [-0.25, -0.2) is 0 Å². The number of hydrogen-bond acceptors (Lipinski definition) is 5. The molecule has 2 amide bonds. The van der Waals surface area contributed by atoms with Crippen LogP contribution in [0.3, 0.4) is 0 Å². The van der Waals surface area contributed by atoms with E-state index in [1.807, 2.05) is 4.90 Å². The SMILES string of the molecule is C#Cc1cccc(NC(=O)CNC(=O)c2cc([N+](=O)[O-])ccc2N2CCCCC2)c1. The van der Waals surface area contributed by atoms with Crippen LogP contribution in [-0.2, 0) is 4.79 Å². The molecule has 8 nitrogen and oxygen atoms in total. The lowest BCUT2D eigenvalue weighted by Crippen LogP contribution is -2.35. The first-order chi connectivity index (χ1) is 14.5. The number of nitro groups is 1. The van der Waals surface area contributed by atoms with Crippen molar-refractivity contribution in [2.75, 3.05) is 29.9 Å². The second-order valence-corrected chi connectivity index (χ2v) is 6.96. The molecular weight excluding hydrogens is 384 g/mol. The highest BCUT2D eigenvalue weighted by Gasteiger charge is 2.22. The van der Waals surface area contributed by atoms with Gasteiger partial charge in [-0.3, -0.25) is 19.7 Å². The minimum atomic E-state index is -0.540. The standard InChI is InChI=1S/C22H22N4O4/c1-2-16-7-6-8-17(13-16)24-21(27)15-23-22(28)19-14-18(26(29)30)9-10-20(19)25-11-4-3-5-12-25/h1,6-10,13-14H,3-5,11-12,15H2,(H,23,28)(H,24,27). The summed E-state index contributed by atoms with van der Waals surface area (Å²) in [5.41, 5.74) is 1.80. The van der Waals surface area contributed by atoms with Crippen LogP contribution in [-0.4, -0.2) is 36.4 Å². The molecule has 0 aromatic heterocycles. The zero-order chi connectivity index (χ0) is 21.5. The van der Waals surface area contributed by atoms with Crippen LogP contribution in [0.25, 0.3) is 0 Å². The molecule has 0 bridgehead atoms. The number of non-ortho nitro benzene ring substituents is 1. The van der Waals surface area contributed by atoms with E-state index in [0.29, 0.717) is 16.9 Å². The van der Waals surface area contributed by atoms with E-state index in [4.69, 9.17) is 6.42 Å². The van der Waals surface area contributed by atoms with Crippen LogP contribution in [0.1, 0.15) is 35.2 Å². The molecule has 1 heterocycles. The van der Waals surface area contributed by atoms with E-state index in [1.165, 1.54) is 12.1 Å². The average molecular weight is 406 g/mol. The number of anilines is 2. The van der Waals surface area contributed by atoms with Gasteiger partial charge in [0.15, 0.2) is 0 Å². The maximum Gasteiger partial charge on any atom is 0.270 e. The fourth-order valence-corrected chi connectivity index (χ4v) is 3.38. The number of benzene rings is 2. The molecule has 0 aliphatic carbocycles. The lowest BCUT2D eigenvalue weighted by Gasteiger charge is -2.30. The topological polar surface area (TPSA) is 105 Å². The number of amides is 2. The number of rotatable bonds is 6. The normalized spacial score (nSPS) is 13.2. The Morgan fingerprint density at radius 2 is 1.90 bits per heavy atom. The highest BCUT2D eigenvalue weighted by atomic mass is 16.6. The highest BCUT2D eigenvalue weighted by molar-refractivity contribution is 6.03. The van der Waals surface area contributed by atoms with E-state index in [2.05, 4.69) is 16.6 Å². The van der Waals surface area contributed by atoms with Crippen LogP contribution in [0.4, 0.5) is 17.1 Å². The van der Waals surface area contributed by atoms with Crippen molar-refractivity contribution in [3.8, 4) is 12.3 Å². The van der Waals surface area contributed by atoms with Crippen molar-refractivity contribution >= 4 is 28.9 Å². The molecule has 0 spiro atoms. The third-order valence-electron chi connectivity index (χ3n) is 4.85. The Kier molecular flexibility index (Phi) is 6.65.